The Hall–Kier alpha value is -2.38. The number of nitrogens with zero attached hydrogens (tertiary/aromatic N) is 3. The van der Waals surface area contributed by atoms with Gasteiger partial charge in [0.05, 0.1) is 16.8 Å². The second-order valence-electron chi connectivity index (χ2n) is 6.55. The van der Waals surface area contributed by atoms with Crippen molar-refractivity contribution >= 4 is 29.1 Å². The van der Waals surface area contributed by atoms with Crippen molar-refractivity contribution in [1.82, 2.24) is 20.4 Å². The SMILES string of the molecule is Cc1nc(C(C)(C)NC(=O)CCc2ncc(-c3ccc(Cl)cc3Cl)o2)no1. The lowest BCUT2D eigenvalue weighted by Gasteiger charge is -2.22. The van der Waals surface area contributed by atoms with Crippen molar-refractivity contribution in [3.8, 4) is 11.3 Å². The maximum atomic E-state index is 12.3. The van der Waals surface area contributed by atoms with Crippen LogP contribution < -0.4 is 5.32 Å². The van der Waals surface area contributed by atoms with Gasteiger partial charge in [0.1, 0.15) is 0 Å². The highest BCUT2D eigenvalue weighted by atomic mass is 35.5. The topological polar surface area (TPSA) is 94.1 Å². The lowest BCUT2D eigenvalue weighted by molar-refractivity contribution is -0.122. The lowest BCUT2D eigenvalue weighted by Crippen LogP contribution is -2.42. The molecule has 1 aromatic carbocycles. The number of amides is 1. The summed E-state index contributed by atoms with van der Waals surface area (Å²) in [6.45, 7) is 5.31. The molecule has 0 aliphatic heterocycles. The van der Waals surface area contributed by atoms with Crippen LogP contribution in [0.4, 0.5) is 0 Å². The van der Waals surface area contributed by atoms with Crippen LogP contribution >= 0.6 is 23.2 Å². The first kappa shape index (κ1) is 19.4. The highest BCUT2D eigenvalue weighted by Crippen LogP contribution is 2.30. The summed E-state index contributed by atoms with van der Waals surface area (Å²) in [5.41, 5.74) is -0.0502. The molecule has 3 rings (SSSR count). The summed E-state index contributed by atoms with van der Waals surface area (Å²) in [7, 11) is 0. The van der Waals surface area contributed by atoms with Gasteiger partial charge in [-0.25, -0.2) is 4.98 Å². The number of carbonyl (C=O) groups excluding carboxylic acids is 1. The quantitative estimate of drug-likeness (QED) is 0.652. The molecular formula is C18H18Cl2N4O3. The van der Waals surface area contributed by atoms with Crippen LogP contribution in [0.3, 0.4) is 0 Å². The second kappa shape index (κ2) is 7.70. The van der Waals surface area contributed by atoms with Gasteiger partial charge < -0.3 is 14.3 Å². The van der Waals surface area contributed by atoms with E-state index in [1.165, 1.54) is 0 Å². The minimum absolute atomic E-state index is 0.174. The van der Waals surface area contributed by atoms with Crippen LogP contribution in [0.5, 0.6) is 0 Å². The average molecular weight is 409 g/mol. The van der Waals surface area contributed by atoms with Gasteiger partial charge in [-0.3, -0.25) is 4.79 Å². The molecule has 2 aromatic heterocycles. The highest BCUT2D eigenvalue weighted by Gasteiger charge is 2.28. The van der Waals surface area contributed by atoms with Gasteiger partial charge in [-0.05, 0) is 32.0 Å². The van der Waals surface area contributed by atoms with E-state index < -0.39 is 5.54 Å². The molecule has 0 atom stereocenters. The fourth-order valence-electron chi connectivity index (χ4n) is 2.48. The fraction of sp³-hybridized carbons (Fsp3) is 0.333. The van der Waals surface area contributed by atoms with Crippen LogP contribution in [0.15, 0.2) is 33.3 Å². The molecule has 2 heterocycles. The number of nitrogens with one attached hydrogen (secondary N) is 1. The van der Waals surface area contributed by atoms with Crippen LogP contribution in [0.25, 0.3) is 11.3 Å². The van der Waals surface area contributed by atoms with E-state index in [1.54, 1.807) is 45.2 Å². The van der Waals surface area contributed by atoms with E-state index in [4.69, 9.17) is 32.1 Å². The summed E-state index contributed by atoms with van der Waals surface area (Å²) in [4.78, 5) is 20.6. The van der Waals surface area contributed by atoms with Gasteiger partial charge in [0.25, 0.3) is 0 Å². The molecule has 0 saturated carbocycles. The lowest BCUT2D eigenvalue weighted by atomic mass is 10.0. The number of hydrogen-bond acceptors (Lipinski definition) is 6. The minimum Gasteiger partial charge on any atom is -0.441 e. The van der Waals surface area contributed by atoms with Crippen LogP contribution in [-0.4, -0.2) is 21.0 Å². The average Bonchev–Trinajstić information content (AvgIpc) is 3.22. The van der Waals surface area contributed by atoms with Gasteiger partial charge >= 0.3 is 0 Å². The molecular weight excluding hydrogens is 391 g/mol. The Morgan fingerprint density at radius 2 is 2.07 bits per heavy atom. The molecule has 1 N–H and O–H groups in total. The molecule has 0 spiro atoms. The molecule has 9 heteroatoms. The van der Waals surface area contributed by atoms with Gasteiger partial charge in [0.15, 0.2) is 17.5 Å². The normalized spacial score (nSPS) is 11.6. The first-order valence-corrected chi connectivity index (χ1v) is 9.02. The van der Waals surface area contributed by atoms with Gasteiger partial charge in [0, 0.05) is 30.4 Å². The maximum absolute atomic E-state index is 12.3. The number of rotatable bonds is 6. The third-order valence-electron chi connectivity index (χ3n) is 3.85. The first-order chi connectivity index (χ1) is 12.7. The molecule has 0 fully saturated rings. The van der Waals surface area contributed by atoms with Crippen LogP contribution in [0.1, 0.15) is 37.9 Å². The van der Waals surface area contributed by atoms with Crippen molar-refractivity contribution in [1.29, 1.82) is 0 Å². The number of carbonyl (C=O) groups is 1. The van der Waals surface area contributed by atoms with Gasteiger partial charge in [-0.2, -0.15) is 4.98 Å². The van der Waals surface area contributed by atoms with Crippen molar-refractivity contribution in [2.75, 3.05) is 0 Å². The van der Waals surface area contributed by atoms with Crippen LogP contribution in [0, 0.1) is 6.92 Å². The zero-order valence-corrected chi connectivity index (χ0v) is 16.6. The van der Waals surface area contributed by atoms with E-state index in [9.17, 15) is 4.79 Å². The Balaban J connectivity index is 1.60. The van der Waals surface area contributed by atoms with E-state index in [0.717, 1.165) is 0 Å². The number of hydrogen-bond donors (Lipinski definition) is 1. The van der Waals surface area contributed by atoms with E-state index >= 15 is 0 Å². The van der Waals surface area contributed by atoms with Crippen molar-refractivity contribution < 1.29 is 13.7 Å². The van der Waals surface area contributed by atoms with Crippen molar-refractivity contribution in [2.45, 2.75) is 39.2 Å². The standard InChI is InChI=1S/C18H18Cl2N4O3/c1-10-22-17(24-27-10)18(2,3)23-15(25)6-7-16-21-9-14(26-16)12-5-4-11(19)8-13(12)20/h4-5,8-9H,6-7H2,1-3H3,(H,23,25). The molecule has 27 heavy (non-hydrogen) atoms. The molecule has 0 unspecified atom stereocenters. The van der Waals surface area contributed by atoms with Gasteiger partial charge in [-0.1, -0.05) is 28.4 Å². The van der Waals surface area contributed by atoms with Crippen LogP contribution in [-0.2, 0) is 16.8 Å². The molecule has 7 nitrogen and oxygen atoms in total. The Labute approximate surface area is 166 Å². The molecule has 0 radical (unpaired) electrons. The number of aryl methyl sites for hydroxylation is 2. The molecule has 0 aliphatic carbocycles. The smallest absolute Gasteiger partial charge is 0.223 e. The van der Waals surface area contributed by atoms with Crippen LogP contribution in [0.2, 0.25) is 10.0 Å². The monoisotopic (exact) mass is 408 g/mol. The molecule has 0 bridgehead atoms. The Kier molecular flexibility index (Phi) is 5.53. The molecule has 1 amide bonds. The van der Waals surface area contributed by atoms with Crippen molar-refractivity contribution in [3.63, 3.8) is 0 Å². The van der Waals surface area contributed by atoms with Gasteiger partial charge in [-0.15, -0.1) is 0 Å². The highest BCUT2D eigenvalue weighted by molar-refractivity contribution is 6.36. The summed E-state index contributed by atoms with van der Waals surface area (Å²) >= 11 is 12.1. The van der Waals surface area contributed by atoms with E-state index in [0.29, 0.717) is 45.4 Å². The van der Waals surface area contributed by atoms with E-state index in [2.05, 4.69) is 20.4 Å². The first-order valence-electron chi connectivity index (χ1n) is 8.26. The van der Waals surface area contributed by atoms with Gasteiger partial charge in [0.2, 0.25) is 11.8 Å². The summed E-state index contributed by atoms with van der Waals surface area (Å²) in [5, 5.41) is 7.75. The summed E-state index contributed by atoms with van der Waals surface area (Å²) in [6, 6.07) is 5.12. The predicted octanol–water partition coefficient (Wildman–Crippen LogP) is 4.32. The Bertz CT molecular complexity index is 965. The number of oxazole rings is 1. The number of halogens is 2. The largest absolute Gasteiger partial charge is 0.441 e. The minimum atomic E-state index is -0.743. The predicted molar refractivity (Wildman–Crippen MR) is 100 cm³/mol. The van der Waals surface area contributed by atoms with E-state index in [-0.39, 0.29) is 12.3 Å². The zero-order valence-electron chi connectivity index (χ0n) is 15.0. The summed E-state index contributed by atoms with van der Waals surface area (Å²) in [5.74, 6) is 1.66. The summed E-state index contributed by atoms with van der Waals surface area (Å²) < 4.78 is 10.7. The maximum Gasteiger partial charge on any atom is 0.223 e. The second-order valence-corrected chi connectivity index (χ2v) is 7.40. The third kappa shape index (κ3) is 4.67. The zero-order chi connectivity index (χ0) is 19.6. The molecule has 142 valence electrons. The van der Waals surface area contributed by atoms with E-state index in [1.807, 2.05) is 0 Å². The fourth-order valence-corrected chi connectivity index (χ4v) is 2.98. The molecule has 0 saturated heterocycles. The van der Waals surface area contributed by atoms with Crippen molar-refractivity contribution in [2.24, 2.45) is 0 Å². The van der Waals surface area contributed by atoms with Crippen molar-refractivity contribution in [3.05, 3.63) is 52.0 Å². The Morgan fingerprint density at radius 3 is 2.74 bits per heavy atom. The number of benzene rings is 1. The summed E-state index contributed by atoms with van der Waals surface area (Å²) in [6.07, 6.45) is 2.13. The number of aromatic nitrogens is 3. The Morgan fingerprint density at radius 1 is 1.30 bits per heavy atom. The molecule has 0 aliphatic rings. The third-order valence-corrected chi connectivity index (χ3v) is 4.40. The molecule has 3 aromatic rings.